The van der Waals surface area contributed by atoms with Crippen LogP contribution in [-0.2, 0) is 14.3 Å². The first-order chi connectivity index (χ1) is 6.43. The van der Waals surface area contributed by atoms with Crippen molar-refractivity contribution in [3.8, 4) is 0 Å². The molecule has 1 unspecified atom stereocenters. The fraction of sp³-hybridized carbons (Fsp3) is 0.889. The van der Waals surface area contributed by atoms with Gasteiger partial charge in [0.15, 0.2) is 6.10 Å². The van der Waals surface area contributed by atoms with Gasteiger partial charge in [0.2, 0.25) is 0 Å². The van der Waals surface area contributed by atoms with Crippen molar-refractivity contribution in [3.05, 3.63) is 0 Å². The summed E-state index contributed by atoms with van der Waals surface area (Å²) in [6, 6.07) is 0. The van der Waals surface area contributed by atoms with E-state index in [1.807, 2.05) is 13.8 Å². The normalized spacial score (nSPS) is 13.8. The van der Waals surface area contributed by atoms with Crippen molar-refractivity contribution in [1.29, 1.82) is 0 Å². The molecule has 0 fully saturated rings. The molecule has 5 heteroatoms. The number of ether oxygens (including phenoxy) is 2. The molecule has 0 spiro atoms. The van der Waals surface area contributed by atoms with E-state index in [2.05, 4.69) is 0 Å². The molecule has 1 atom stereocenters. The minimum atomic E-state index is -1.22. The molecule has 0 rings (SSSR count). The van der Waals surface area contributed by atoms with Crippen LogP contribution in [0.5, 0.6) is 0 Å². The van der Waals surface area contributed by atoms with Crippen molar-refractivity contribution in [3.63, 3.8) is 0 Å². The Bertz CT molecular complexity index is 182. The van der Waals surface area contributed by atoms with Gasteiger partial charge in [-0.15, -0.1) is 0 Å². The molecule has 0 saturated carbocycles. The lowest BCUT2D eigenvalue weighted by atomic mass is 10.1. The SMILES string of the molecule is COC(C)(C)CCOC(=O)C(O)CN. The molecular formula is C9H19NO4. The number of nitrogens with two attached hydrogens (primary N) is 1. The minimum absolute atomic E-state index is 0.119. The summed E-state index contributed by atoms with van der Waals surface area (Å²) in [6.45, 7) is 3.88. The van der Waals surface area contributed by atoms with Crippen molar-refractivity contribution in [1.82, 2.24) is 0 Å². The highest BCUT2D eigenvalue weighted by Gasteiger charge is 2.19. The zero-order valence-corrected chi connectivity index (χ0v) is 8.95. The first-order valence-corrected chi connectivity index (χ1v) is 4.53. The van der Waals surface area contributed by atoms with Crippen LogP contribution in [0.1, 0.15) is 20.3 Å². The van der Waals surface area contributed by atoms with Crippen molar-refractivity contribution in [2.24, 2.45) is 5.73 Å². The Morgan fingerprint density at radius 3 is 2.57 bits per heavy atom. The summed E-state index contributed by atoms with van der Waals surface area (Å²) in [6.07, 6.45) is -0.646. The number of esters is 1. The van der Waals surface area contributed by atoms with E-state index in [4.69, 9.17) is 20.3 Å². The minimum Gasteiger partial charge on any atom is -0.464 e. The molecule has 84 valence electrons. The predicted molar refractivity (Wildman–Crippen MR) is 51.7 cm³/mol. The summed E-state index contributed by atoms with van der Waals surface area (Å²) in [5.74, 6) is -0.681. The Morgan fingerprint density at radius 1 is 1.57 bits per heavy atom. The average molecular weight is 205 g/mol. The van der Waals surface area contributed by atoms with E-state index < -0.39 is 12.1 Å². The monoisotopic (exact) mass is 205 g/mol. The maximum atomic E-state index is 11.0. The number of rotatable bonds is 6. The molecule has 0 aromatic carbocycles. The second-order valence-corrected chi connectivity index (χ2v) is 3.63. The number of hydrogen-bond donors (Lipinski definition) is 2. The van der Waals surface area contributed by atoms with Gasteiger partial charge >= 0.3 is 5.97 Å². The molecular weight excluding hydrogens is 186 g/mol. The predicted octanol–water partition coefficient (Wildman–Crippen LogP) is -0.336. The van der Waals surface area contributed by atoms with E-state index in [1.165, 1.54) is 0 Å². The van der Waals surface area contributed by atoms with Gasteiger partial charge in [0.1, 0.15) is 0 Å². The van der Waals surface area contributed by atoms with Gasteiger partial charge in [-0.3, -0.25) is 0 Å². The van der Waals surface area contributed by atoms with E-state index in [0.29, 0.717) is 6.42 Å². The quantitative estimate of drug-likeness (QED) is 0.580. The number of carbonyl (C=O) groups excluding carboxylic acids is 1. The van der Waals surface area contributed by atoms with Gasteiger partial charge in [-0.1, -0.05) is 0 Å². The molecule has 0 bridgehead atoms. The maximum absolute atomic E-state index is 11.0. The van der Waals surface area contributed by atoms with Gasteiger partial charge in [0.25, 0.3) is 0 Å². The molecule has 0 heterocycles. The van der Waals surface area contributed by atoms with E-state index in [0.717, 1.165) is 0 Å². The van der Waals surface area contributed by atoms with E-state index in [-0.39, 0.29) is 18.8 Å². The Morgan fingerprint density at radius 2 is 2.14 bits per heavy atom. The highest BCUT2D eigenvalue weighted by molar-refractivity contribution is 5.74. The van der Waals surface area contributed by atoms with Gasteiger partial charge < -0.3 is 20.3 Å². The topological polar surface area (TPSA) is 81.8 Å². The van der Waals surface area contributed by atoms with Crippen LogP contribution in [-0.4, -0.2) is 43.0 Å². The molecule has 0 radical (unpaired) electrons. The summed E-state index contributed by atoms with van der Waals surface area (Å²) in [5, 5.41) is 8.98. The fourth-order valence-corrected chi connectivity index (χ4v) is 0.692. The Labute approximate surface area is 84.2 Å². The lowest BCUT2D eigenvalue weighted by Gasteiger charge is -2.22. The standard InChI is InChI=1S/C9H19NO4/c1-9(2,13-3)4-5-14-8(12)7(11)6-10/h7,11H,4-6,10H2,1-3H3. The van der Waals surface area contributed by atoms with Crippen molar-refractivity contribution in [2.75, 3.05) is 20.3 Å². The van der Waals surface area contributed by atoms with Gasteiger partial charge in [-0.2, -0.15) is 0 Å². The van der Waals surface area contributed by atoms with Crippen LogP contribution in [0.3, 0.4) is 0 Å². The average Bonchev–Trinajstić information content (AvgIpc) is 2.16. The molecule has 5 nitrogen and oxygen atoms in total. The molecule has 0 aliphatic heterocycles. The second-order valence-electron chi connectivity index (χ2n) is 3.63. The highest BCUT2D eigenvalue weighted by Crippen LogP contribution is 2.12. The van der Waals surface area contributed by atoms with E-state index >= 15 is 0 Å². The Hall–Kier alpha value is -0.650. The van der Waals surface area contributed by atoms with Crippen LogP contribution in [0.25, 0.3) is 0 Å². The third kappa shape index (κ3) is 5.16. The number of carbonyl (C=O) groups is 1. The van der Waals surface area contributed by atoms with Crippen LogP contribution in [0.4, 0.5) is 0 Å². The van der Waals surface area contributed by atoms with Gasteiger partial charge in [0, 0.05) is 20.1 Å². The summed E-state index contributed by atoms with van der Waals surface area (Å²) >= 11 is 0. The van der Waals surface area contributed by atoms with Crippen LogP contribution in [0.2, 0.25) is 0 Å². The zero-order valence-electron chi connectivity index (χ0n) is 8.95. The molecule has 0 aromatic heterocycles. The first kappa shape index (κ1) is 13.4. The molecule has 3 N–H and O–H groups in total. The smallest absolute Gasteiger partial charge is 0.336 e. The zero-order chi connectivity index (χ0) is 11.2. The van der Waals surface area contributed by atoms with Gasteiger partial charge in [0.05, 0.1) is 12.2 Å². The molecule has 0 saturated heterocycles. The van der Waals surface area contributed by atoms with Gasteiger partial charge in [-0.25, -0.2) is 4.79 Å². The number of methoxy groups -OCH3 is 1. The van der Waals surface area contributed by atoms with Crippen LogP contribution in [0, 0.1) is 0 Å². The van der Waals surface area contributed by atoms with Crippen LogP contribution >= 0.6 is 0 Å². The highest BCUT2D eigenvalue weighted by atomic mass is 16.5. The number of aliphatic hydroxyl groups is 1. The fourth-order valence-electron chi connectivity index (χ4n) is 0.692. The largest absolute Gasteiger partial charge is 0.464 e. The van der Waals surface area contributed by atoms with Crippen molar-refractivity contribution < 1.29 is 19.4 Å². The molecule has 14 heavy (non-hydrogen) atoms. The molecule has 0 amide bonds. The summed E-state index contributed by atoms with van der Waals surface area (Å²) in [7, 11) is 1.59. The van der Waals surface area contributed by atoms with E-state index in [1.54, 1.807) is 7.11 Å². The summed E-state index contributed by atoms with van der Waals surface area (Å²) < 4.78 is 9.91. The Kier molecular flexibility index (Phi) is 5.68. The second kappa shape index (κ2) is 5.95. The lowest BCUT2D eigenvalue weighted by Crippen LogP contribution is -2.32. The van der Waals surface area contributed by atoms with Crippen LogP contribution < -0.4 is 5.73 Å². The molecule has 0 aliphatic carbocycles. The lowest BCUT2D eigenvalue weighted by molar-refractivity contribution is -0.154. The molecule has 0 aliphatic rings. The first-order valence-electron chi connectivity index (χ1n) is 4.53. The Balaban J connectivity index is 3.69. The van der Waals surface area contributed by atoms with E-state index in [9.17, 15) is 4.79 Å². The summed E-state index contributed by atoms with van der Waals surface area (Å²) in [5.41, 5.74) is 4.76. The maximum Gasteiger partial charge on any atom is 0.336 e. The van der Waals surface area contributed by atoms with Crippen molar-refractivity contribution in [2.45, 2.75) is 32.0 Å². The van der Waals surface area contributed by atoms with Gasteiger partial charge in [-0.05, 0) is 13.8 Å². The third-order valence-corrected chi connectivity index (χ3v) is 2.00. The van der Waals surface area contributed by atoms with Crippen molar-refractivity contribution >= 4 is 5.97 Å². The summed E-state index contributed by atoms with van der Waals surface area (Å²) in [4.78, 5) is 11.0. The third-order valence-electron chi connectivity index (χ3n) is 2.00. The molecule has 0 aromatic rings. The van der Waals surface area contributed by atoms with Crippen LogP contribution in [0.15, 0.2) is 0 Å². The number of hydrogen-bond acceptors (Lipinski definition) is 5. The number of aliphatic hydroxyl groups excluding tert-OH is 1.